The van der Waals surface area contributed by atoms with Crippen molar-refractivity contribution in [1.82, 2.24) is 5.32 Å². The van der Waals surface area contributed by atoms with Crippen molar-refractivity contribution in [3.63, 3.8) is 0 Å². The molecule has 1 rings (SSSR count). The first kappa shape index (κ1) is 13.7. The molecule has 0 aliphatic heterocycles. The molecule has 0 unspecified atom stereocenters. The van der Waals surface area contributed by atoms with Crippen LogP contribution in [0.4, 0.5) is 0 Å². The first-order chi connectivity index (χ1) is 7.24. The molecule has 3 nitrogen and oxygen atoms in total. The third kappa shape index (κ3) is 5.18. The van der Waals surface area contributed by atoms with E-state index < -0.39 is 0 Å². The molecular weight excluding hydrogens is 188 g/mol. The minimum absolute atomic E-state index is 0.276. The van der Waals surface area contributed by atoms with Gasteiger partial charge >= 0.3 is 0 Å². The van der Waals surface area contributed by atoms with Gasteiger partial charge in [-0.15, -0.1) is 0 Å². The second-order valence-corrected chi connectivity index (χ2v) is 2.93. The molecule has 1 aromatic rings. The topological polar surface area (TPSA) is 55.1 Å². The van der Waals surface area contributed by atoms with Gasteiger partial charge in [-0.2, -0.15) is 0 Å². The van der Waals surface area contributed by atoms with E-state index in [9.17, 15) is 4.79 Å². The van der Waals surface area contributed by atoms with Crippen molar-refractivity contribution in [3.8, 4) is 0 Å². The number of hydrogen-bond acceptors (Lipinski definition) is 2. The summed E-state index contributed by atoms with van der Waals surface area (Å²) in [6.45, 7) is 4.00. The van der Waals surface area contributed by atoms with Crippen LogP contribution in [0.3, 0.4) is 0 Å². The molecule has 1 aromatic carbocycles. The van der Waals surface area contributed by atoms with Crippen LogP contribution in [-0.2, 0) is 11.2 Å². The average molecular weight is 208 g/mol. The fourth-order valence-corrected chi connectivity index (χ4v) is 1.19. The Labute approximate surface area is 91.7 Å². The van der Waals surface area contributed by atoms with E-state index in [1.165, 1.54) is 0 Å². The van der Waals surface area contributed by atoms with Crippen LogP contribution >= 0.6 is 0 Å². The second-order valence-electron chi connectivity index (χ2n) is 2.93. The molecule has 0 aliphatic carbocycles. The predicted octanol–water partition coefficient (Wildman–Crippen LogP) is 1.33. The third-order valence-electron chi connectivity index (χ3n) is 1.97. The lowest BCUT2D eigenvalue weighted by atomic mass is 10.1. The Morgan fingerprint density at radius 1 is 1.33 bits per heavy atom. The number of rotatable bonds is 4. The largest absolute Gasteiger partial charge is 0.368 e. The van der Waals surface area contributed by atoms with Crippen LogP contribution in [0.5, 0.6) is 0 Å². The molecule has 0 aliphatic rings. The smallest absolute Gasteiger partial charge is 0.234 e. The SMILES string of the molecule is CC.CN[C@H](Cc1ccccc1)C(N)=O. The summed E-state index contributed by atoms with van der Waals surface area (Å²) in [4.78, 5) is 10.9. The van der Waals surface area contributed by atoms with Gasteiger partial charge < -0.3 is 11.1 Å². The molecule has 1 atom stereocenters. The first-order valence-electron chi connectivity index (χ1n) is 5.24. The lowest BCUT2D eigenvalue weighted by Crippen LogP contribution is -2.40. The van der Waals surface area contributed by atoms with Crippen molar-refractivity contribution in [2.75, 3.05) is 7.05 Å². The van der Waals surface area contributed by atoms with Gasteiger partial charge in [0.05, 0.1) is 6.04 Å². The number of nitrogens with one attached hydrogen (secondary N) is 1. The molecule has 1 amide bonds. The Hall–Kier alpha value is -1.35. The van der Waals surface area contributed by atoms with Crippen molar-refractivity contribution < 1.29 is 4.79 Å². The van der Waals surface area contributed by atoms with Gasteiger partial charge in [0.1, 0.15) is 0 Å². The Bertz CT molecular complexity index is 272. The standard InChI is InChI=1S/C10H14N2O.C2H6/c1-12-9(10(11)13)7-8-5-3-2-4-6-8;1-2/h2-6,9,12H,7H2,1H3,(H2,11,13);1-2H3/t9-;/m1./s1. The molecule has 0 aromatic heterocycles. The minimum Gasteiger partial charge on any atom is -0.368 e. The lowest BCUT2D eigenvalue weighted by molar-refractivity contribution is -0.119. The lowest BCUT2D eigenvalue weighted by Gasteiger charge is -2.11. The third-order valence-corrected chi connectivity index (χ3v) is 1.97. The predicted molar refractivity (Wildman–Crippen MR) is 63.5 cm³/mol. The molecule has 0 spiro atoms. The summed E-state index contributed by atoms with van der Waals surface area (Å²) in [5.41, 5.74) is 6.31. The summed E-state index contributed by atoms with van der Waals surface area (Å²) in [5, 5.41) is 2.88. The van der Waals surface area contributed by atoms with Crippen LogP contribution in [0.25, 0.3) is 0 Å². The summed E-state index contributed by atoms with van der Waals surface area (Å²) < 4.78 is 0. The Balaban J connectivity index is 0.000000921. The van der Waals surface area contributed by atoms with Gasteiger partial charge in [-0.25, -0.2) is 0 Å². The van der Waals surface area contributed by atoms with Gasteiger partial charge in [0.15, 0.2) is 0 Å². The van der Waals surface area contributed by atoms with Crippen molar-refractivity contribution in [3.05, 3.63) is 35.9 Å². The number of carbonyl (C=O) groups excluding carboxylic acids is 1. The van der Waals surface area contributed by atoms with E-state index in [1.54, 1.807) is 7.05 Å². The Morgan fingerprint density at radius 3 is 2.27 bits per heavy atom. The average Bonchev–Trinajstić information content (AvgIpc) is 2.29. The summed E-state index contributed by atoms with van der Waals surface area (Å²) in [6.07, 6.45) is 0.646. The zero-order valence-corrected chi connectivity index (χ0v) is 9.66. The van der Waals surface area contributed by atoms with Crippen LogP contribution in [0.2, 0.25) is 0 Å². The van der Waals surface area contributed by atoms with Crippen molar-refractivity contribution in [1.29, 1.82) is 0 Å². The van der Waals surface area contributed by atoms with Gasteiger partial charge in [-0.05, 0) is 19.0 Å². The summed E-state index contributed by atoms with van der Waals surface area (Å²) >= 11 is 0. The molecule has 0 fully saturated rings. The number of primary amides is 1. The minimum atomic E-state index is -0.314. The zero-order valence-electron chi connectivity index (χ0n) is 9.66. The highest BCUT2D eigenvalue weighted by molar-refractivity contribution is 5.80. The van der Waals surface area contributed by atoms with E-state index in [1.807, 2.05) is 44.2 Å². The quantitative estimate of drug-likeness (QED) is 0.784. The van der Waals surface area contributed by atoms with E-state index in [2.05, 4.69) is 5.32 Å². The van der Waals surface area contributed by atoms with Gasteiger partial charge in [0.25, 0.3) is 0 Å². The van der Waals surface area contributed by atoms with Gasteiger partial charge in [0.2, 0.25) is 5.91 Å². The highest BCUT2D eigenvalue weighted by Gasteiger charge is 2.12. The van der Waals surface area contributed by atoms with Crippen molar-refractivity contribution >= 4 is 5.91 Å². The van der Waals surface area contributed by atoms with Crippen LogP contribution in [0.15, 0.2) is 30.3 Å². The number of nitrogens with two attached hydrogens (primary N) is 1. The van der Waals surface area contributed by atoms with E-state index in [4.69, 9.17) is 5.73 Å². The summed E-state index contributed by atoms with van der Waals surface area (Å²) in [7, 11) is 1.73. The number of amides is 1. The highest BCUT2D eigenvalue weighted by atomic mass is 16.1. The number of carbonyl (C=O) groups is 1. The molecule has 0 bridgehead atoms. The highest BCUT2D eigenvalue weighted by Crippen LogP contribution is 2.02. The fraction of sp³-hybridized carbons (Fsp3) is 0.417. The first-order valence-corrected chi connectivity index (χ1v) is 5.24. The Kier molecular flexibility index (Phi) is 7.28. The molecule has 3 heteroatoms. The van der Waals surface area contributed by atoms with Crippen molar-refractivity contribution in [2.45, 2.75) is 26.3 Å². The van der Waals surface area contributed by atoms with Crippen molar-refractivity contribution in [2.24, 2.45) is 5.73 Å². The number of benzene rings is 1. The molecule has 0 saturated heterocycles. The molecule has 0 saturated carbocycles. The van der Waals surface area contributed by atoms with E-state index in [-0.39, 0.29) is 11.9 Å². The van der Waals surface area contributed by atoms with Crippen LogP contribution in [-0.4, -0.2) is 19.0 Å². The molecule has 3 N–H and O–H groups in total. The van der Waals surface area contributed by atoms with Crippen LogP contribution < -0.4 is 11.1 Å². The Morgan fingerprint density at radius 2 is 1.87 bits per heavy atom. The van der Waals surface area contributed by atoms with Crippen LogP contribution in [0.1, 0.15) is 19.4 Å². The molecule has 0 radical (unpaired) electrons. The van der Waals surface area contributed by atoms with Gasteiger partial charge in [0, 0.05) is 0 Å². The molecule has 84 valence electrons. The van der Waals surface area contributed by atoms with E-state index in [0.717, 1.165) is 5.56 Å². The maximum atomic E-state index is 10.9. The molecule has 15 heavy (non-hydrogen) atoms. The fourth-order valence-electron chi connectivity index (χ4n) is 1.19. The van der Waals surface area contributed by atoms with E-state index >= 15 is 0 Å². The molecular formula is C12H20N2O. The number of hydrogen-bond donors (Lipinski definition) is 2. The summed E-state index contributed by atoms with van der Waals surface area (Å²) in [5.74, 6) is -0.314. The van der Waals surface area contributed by atoms with Gasteiger partial charge in [-0.1, -0.05) is 44.2 Å². The normalized spacial score (nSPS) is 11.1. The maximum absolute atomic E-state index is 10.9. The number of likely N-dealkylation sites (N-methyl/N-ethyl adjacent to an activating group) is 1. The van der Waals surface area contributed by atoms with Gasteiger partial charge in [-0.3, -0.25) is 4.79 Å². The second kappa shape index (κ2) is 8.00. The zero-order chi connectivity index (χ0) is 11.7. The molecule has 0 heterocycles. The van der Waals surface area contributed by atoms with Crippen LogP contribution in [0, 0.1) is 0 Å². The summed E-state index contributed by atoms with van der Waals surface area (Å²) in [6, 6.07) is 9.52. The monoisotopic (exact) mass is 208 g/mol. The maximum Gasteiger partial charge on any atom is 0.234 e. The van der Waals surface area contributed by atoms with E-state index in [0.29, 0.717) is 6.42 Å².